The van der Waals surface area contributed by atoms with Crippen LogP contribution in [0.25, 0.3) is 0 Å². The molecule has 6 heteroatoms. The monoisotopic (exact) mass is 332 g/mol. The Bertz CT molecular complexity index is 463. The van der Waals surface area contributed by atoms with E-state index in [0.29, 0.717) is 15.1 Å². The smallest absolute Gasteiger partial charge is 0.184 e. The molecule has 3 nitrogen and oxygen atoms in total. The van der Waals surface area contributed by atoms with Crippen molar-refractivity contribution in [3.8, 4) is 0 Å². The lowest BCUT2D eigenvalue weighted by atomic mass is 9.90. The van der Waals surface area contributed by atoms with Gasteiger partial charge in [-0.25, -0.2) is 0 Å². The molecule has 1 aliphatic heterocycles. The van der Waals surface area contributed by atoms with E-state index in [-0.39, 0.29) is 6.10 Å². The minimum atomic E-state index is -1.69. The summed E-state index contributed by atoms with van der Waals surface area (Å²) in [7, 11) is -1.69. The van der Waals surface area contributed by atoms with Crippen molar-refractivity contribution in [1.29, 1.82) is 0 Å². The number of aldehydes is 1. The van der Waals surface area contributed by atoms with Gasteiger partial charge in [-0.15, -0.1) is 11.3 Å². The lowest BCUT2D eigenvalue weighted by molar-refractivity contribution is 0.0145. The Morgan fingerprint density at radius 1 is 1.45 bits per heavy atom. The van der Waals surface area contributed by atoms with Crippen LogP contribution in [0.3, 0.4) is 0 Å². The molecule has 2 rings (SSSR count). The van der Waals surface area contributed by atoms with Crippen molar-refractivity contribution in [2.24, 2.45) is 5.92 Å². The number of halogens is 1. The highest BCUT2D eigenvalue weighted by Crippen LogP contribution is 2.41. The number of thiophene rings is 1. The van der Waals surface area contributed by atoms with Gasteiger partial charge in [0.15, 0.2) is 14.6 Å². The van der Waals surface area contributed by atoms with Crippen molar-refractivity contribution in [1.82, 2.24) is 0 Å². The van der Waals surface area contributed by atoms with Crippen molar-refractivity contribution < 1.29 is 14.0 Å². The lowest BCUT2D eigenvalue weighted by Gasteiger charge is -2.34. The third-order valence-corrected chi connectivity index (χ3v) is 5.60. The molecule has 0 aliphatic carbocycles. The topological polar surface area (TPSA) is 35.5 Å². The van der Waals surface area contributed by atoms with Crippen LogP contribution in [-0.2, 0) is 9.16 Å². The van der Waals surface area contributed by atoms with Crippen LogP contribution in [0.2, 0.25) is 24.0 Å². The zero-order valence-electron chi connectivity index (χ0n) is 12.1. The lowest BCUT2D eigenvalue weighted by Crippen LogP contribution is -2.33. The van der Waals surface area contributed by atoms with Gasteiger partial charge < -0.3 is 9.16 Å². The van der Waals surface area contributed by atoms with Gasteiger partial charge in [-0.2, -0.15) is 0 Å². The molecular weight excluding hydrogens is 312 g/mol. The molecule has 112 valence electrons. The normalized spacial score (nSPS) is 19.0. The fourth-order valence-electron chi connectivity index (χ4n) is 2.47. The predicted octanol–water partition coefficient (Wildman–Crippen LogP) is 4.53. The largest absolute Gasteiger partial charge is 0.410 e. The van der Waals surface area contributed by atoms with Gasteiger partial charge in [0.2, 0.25) is 0 Å². The summed E-state index contributed by atoms with van der Waals surface area (Å²) in [6.07, 6.45) is 2.81. The molecule has 0 amide bonds. The van der Waals surface area contributed by atoms with E-state index in [9.17, 15) is 4.79 Å². The van der Waals surface area contributed by atoms with Crippen LogP contribution >= 0.6 is 22.9 Å². The molecule has 0 aromatic carbocycles. The molecule has 1 aromatic heterocycles. The van der Waals surface area contributed by atoms with Crippen LogP contribution in [0.15, 0.2) is 6.07 Å². The Balaban J connectivity index is 2.28. The predicted molar refractivity (Wildman–Crippen MR) is 85.4 cm³/mol. The van der Waals surface area contributed by atoms with Crippen LogP contribution in [0, 0.1) is 5.92 Å². The summed E-state index contributed by atoms with van der Waals surface area (Å²) in [5.74, 6) is 0.419. The molecule has 0 spiro atoms. The third kappa shape index (κ3) is 4.15. The van der Waals surface area contributed by atoms with E-state index >= 15 is 0 Å². The molecule has 1 aromatic rings. The van der Waals surface area contributed by atoms with E-state index in [4.69, 9.17) is 20.8 Å². The van der Waals surface area contributed by atoms with Gasteiger partial charge >= 0.3 is 0 Å². The van der Waals surface area contributed by atoms with E-state index in [1.54, 1.807) is 0 Å². The second-order valence-electron chi connectivity index (χ2n) is 6.10. The van der Waals surface area contributed by atoms with Gasteiger partial charge in [-0.05, 0) is 44.5 Å². The average molecular weight is 333 g/mol. The van der Waals surface area contributed by atoms with Crippen LogP contribution in [0.5, 0.6) is 0 Å². The van der Waals surface area contributed by atoms with E-state index < -0.39 is 8.32 Å². The molecule has 0 bridgehead atoms. The van der Waals surface area contributed by atoms with Gasteiger partial charge in [0.1, 0.15) is 0 Å². The Kier molecular flexibility index (Phi) is 5.42. The van der Waals surface area contributed by atoms with Crippen molar-refractivity contribution in [3.05, 3.63) is 20.8 Å². The Morgan fingerprint density at radius 2 is 2.10 bits per heavy atom. The molecule has 2 heterocycles. The first kappa shape index (κ1) is 16.2. The molecular formula is C14H21ClO3SSi. The molecule has 1 saturated heterocycles. The molecule has 0 saturated carbocycles. The van der Waals surface area contributed by atoms with Crippen LogP contribution in [0.4, 0.5) is 0 Å². The van der Waals surface area contributed by atoms with Gasteiger partial charge in [0.05, 0.1) is 15.3 Å². The molecule has 20 heavy (non-hydrogen) atoms. The number of hydrogen-bond donors (Lipinski definition) is 0. The van der Waals surface area contributed by atoms with Crippen molar-refractivity contribution in [3.63, 3.8) is 0 Å². The van der Waals surface area contributed by atoms with Crippen molar-refractivity contribution in [2.45, 2.75) is 38.6 Å². The summed E-state index contributed by atoms with van der Waals surface area (Å²) in [6, 6.07) is 1.89. The highest BCUT2D eigenvalue weighted by Gasteiger charge is 2.32. The second kappa shape index (κ2) is 6.71. The van der Waals surface area contributed by atoms with Crippen molar-refractivity contribution >= 4 is 37.5 Å². The first-order valence-electron chi connectivity index (χ1n) is 6.90. The Labute approximate surface area is 130 Å². The SMILES string of the molecule is C[Si](C)(C)OC(c1cc(C=O)sc1Cl)C1CCOCC1. The number of hydrogen-bond acceptors (Lipinski definition) is 4. The number of carbonyl (C=O) groups is 1. The minimum absolute atomic E-state index is 0.0111. The van der Waals surface area contributed by atoms with Crippen molar-refractivity contribution in [2.75, 3.05) is 13.2 Å². The average Bonchev–Trinajstić information content (AvgIpc) is 2.77. The van der Waals surface area contributed by atoms with E-state index in [2.05, 4.69) is 19.6 Å². The van der Waals surface area contributed by atoms with Gasteiger partial charge in [-0.1, -0.05) is 11.6 Å². The summed E-state index contributed by atoms with van der Waals surface area (Å²) in [6.45, 7) is 8.09. The van der Waals surface area contributed by atoms with Crippen LogP contribution in [0.1, 0.15) is 34.2 Å². The zero-order chi connectivity index (χ0) is 14.8. The Morgan fingerprint density at radius 3 is 2.60 bits per heavy atom. The molecule has 0 radical (unpaired) electrons. The first-order chi connectivity index (χ1) is 9.40. The summed E-state index contributed by atoms with van der Waals surface area (Å²) in [5.41, 5.74) is 0.980. The van der Waals surface area contributed by atoms with E-state index in [0.717, 1.165) is 37.9 Å². The summed E-state index contributed by atoms with van der Waals surface area (Å²) in [4.78, 5) is 11.6. The summed E-state index contributed by atoms with van der Waals surface area (Å²) in [5, 5.41) is 0. The third-order valence-electron chi connectivity index (χ3n) is 3.33. The minimum Gasteiger partial charge on any atom is -0.410 e. The molecule has 1 fully saturated rings. The zero-order valence-corrected chi connectivity index (χ0v) is 14.7. The summed E-state index contributed by atoms with van der Waals surface area (Å²) < 4.78 is 12.5. The highest BCUT2D eigenvalue weighted by molar-refractivity contribution is 7.17. The van der Waals surface area contributed by atoms with Gasteiger partial charge in [0, 0.05) is 18.8 Å². The quantitative estimate of drug-likeness (QED) is 0.587. The molecule has 1 unspecified atom stereocenters. The standard InChI is InChI=1S/C14H21ClO3SSi/c1-20(2,3)18-13(10-4-6-17-7-5-10)12-8-11(9-16)19-14(12)15/h8-10,13H,4-7H2,1-3H3. The maximum atomic E-state index is 11.0. The first-order valence-corrected chi connectivity index (χ1v) is 11.5. The maximum absolute atomic E-state index is 11.0. The fourth-order valence-corrected chi connectivity index (χ4v) is 4.71. The molecule has 1 atom stereocenters. The van der Waals surface area contributed by atoms with Crippen LogP contribution < -0.4 is 0 Å². The van der Waals surface area contributed by atoms with Gasteiger partial charge in [-0.3, -0.25) is 4.79 Å². The number of ether oxygens (including phenoxy) is 1. The molecule has 0 N–H and O–H groups in total. The Hall–Kier alpha value is -0.203. The van der Waals surface area contributed by atoms with Gasteiger partial charge in [0.25, 0.3) is 0 Å². The van der Waals surface area contributed by atoms with E-state index in [1.165, 1.54) is 11.3 Å². The second-order valence-corrected chi connectivity index (χ2v) is 12.2. The highest BCUT2D eigenvalue weighted by atomic mass is 35.5. The number of rotatable bonds is 5. The molecule has 1 aliphatic rings. The number of carbonyl (C=O) groups excluding carboxylic acids is 1. The van der Waals surface area contributed by atoms with Crippen LogP contribution in [-0.4, -0.2) is 27.8 Å². The van der Waals surface area contributed by atoms with E-state index in [1.807, 2.05) is 6.07 Å². The summed E-state index contributed by atoms with van der Waals surface area (Å²) >= 11 is 7.66. The maximum Gasteiger partial charge on any atom is 0.184 e. The fraction of sp³-hybridized carbons (Fsp3) is 0.643.